The lowest BCUT2D eigenvalue weighted by atomic mass is 9.96. The Kier molecular flexibility index (Phi) is 6.19. The summed E-state index contributed by atoms with van der Waals surface area (Å²) in [5, 5.41) is 13.1. The Labute approximate surface area is 139 Å². The third-order valence-corrected chi connectivity index (χ3v) is 4.45. The third kappa shape index (κ3) is 5.69. The number of carbonyl (C=O) groups excluding carboxylic acids is 1. The molecule has 0 heterocycles. The minimum atomic E-state index is -1.23. The lowest BCUT2D eigenvalue weighted by Gasteiger charge is -2.24. The van der Waals surface area contributed by atoms with Crippen molar-refractivity contribution in [1.29, 1.82) is 0 Å². The summed E-state index contributed by atoms with van der Waals surface area (Å²) in [4.78, 5) is 13.0. The van der Waals surface area contributed by atoms with Gasteiger partial charge in [-0.2, -0.15) is 0 Å². The Morgan fingerprint density at radius 3 is 2.48 bits per heavy atom. The van der Waals surface area contributed by atoms with Crippen LogP contribution in [0.2, 0.25) is 0 Å². The second kappa shape index (κ2) is 8.13. The van der Waals surface area contributed by atoms with E-state index in [1.165, 1.54) is 24.3 Å². The number of benzene rings is 2. The Morgan fingerprint density at radius 2 is 1.83 bits per heavy atom. The van der Waals surface area contributed by atoms with Gasteiger partial charge >= 0.3 is 0 Å². The van der Waals surface area contributed by atoms with Crippen LogP contribution < -0.4 is 5.32 Å². The molecule has 0 saturated heterocycles. The topological polar surface area (TPSA) is 49.3 Å². The molecule has 0 aliphatic carbocycles. The highest BCUT2D eigenvalue weighted by atomic mass is 32.2. The van der Waals surface area contributed by atoms with Crippen molar-refractivity contribution >= 4 is 17.7 Å². The van der Waals surface area contributed by atoms with Gasteiger partial charge in [-0.05, 0) is 36.8 Å². The molecule has 0 aliphatic heterocycles. The maximum atomic E-state index is 12.9. The van der Waals surface area contributed by atoms with Crippen LogP contribution in [0.25, 0.3) is 0 Å². The lowest BCUT2D eigenvalue weighted by molar-refractivity contribution is -0.121. The lowest BCUT2D eigenvalue weighted by Crippen LogP contribution is -2.38. The summed E-state index contributed by atoms with van der Waals surface area (Å²) in [6.07, 6.45) is 0.374. The van der Waals surface area contributed by atoms with Crippen molar-refractivity contribution in [2.45, 2.75) is 23.8 Å². The van der Waals surface area contributed by atoms with Gasteiger partial charge in [0.15, 0.2) is 0 Å². The molecule has 0 bridgehead atoms. The predicted molar refractivity (Wildman–Crippen MR) is 90.8 cm³/mol. The zero-order valence-electron chi connectivity index (χ0n) is 13.0. The molecule has 3 nitrogen and oxygen atoms in total. The molecule has 0 saturated carbocycles. The van der Waals surface area contributed by atoms with Crippen LogP contribution in [0, 0.1) is 5.82 Å². The van der Waals surface area contributed by atoms with Crippen molar-refractivity contribution in [3.63, 3.8) is 0 Å². The van der Waals surface area contributed by atoms with Gasteiger partial charge in [0.1, 0.15) is 11.4 Å². The van der Waals surface area contributed by atoms with E-state index in [4.69, 9.17) is 0 Å². The summed E-state index contributed by atoms with van der Waals surface area (Å²) in [6.45, 7) is 1.69. The largest absolute Gasteiger partial charge is 0.384 e. The first-order chi connectivity index (χ1) is 11.0. The molecule has 1 atom stereocenters. The summed E-state index contributed by atoms with van der Waals surface area (Å²) >= 11 is 1.62. The van der Waals surface area contributed by atoms with Crippen LogP contribution in [0.1, 0.15) is 18.9 Å². The Balaban J connectivity index is 1.76. The highest BCUT2D eigenvalue weighted by Crippen LogP contribution is 2.20. The van der Waals surface area contributed by atoms with Crippen molar-refractivity contribution in [2.75, 3.05) is 12.3 Å². The van der Waals surface area contributed by atoms with Crippen LogP contribution in [0.15, 0.2) is 59.5 Å². The number of halogens is 1. The SMILES string of the molecule is CC(O)(CNC(=O)CCSc1ccccc1)c1ccc(F)cc1. The predicted octanol–water partition coefficient (Wildman–Crippen LogP) is 3.33. The number of hydrogen-bond acceptors (Lipinski definition) is 3. The Bertz CT molecular complexity index is 629. The van der Waals surface area contributed by atoms with Gasteiger partial charge in [0.25, 0.3) is 0 Å². The molecular formula is C18H20FNO2S. The van der Waals surface area contributed by atoms with Crippen LogP contribution in [0.5, 0.6) is 0 Å². The molecule has 0 radical (unpaired) electrons. The summed E-state index contributed by atoms with van der Waals surface area (Å²) in [6, 6.07) is 15.5. The van der Waals surface area contributed by atoms with Gasteiger partial charge in [-0.3, -0.25) is 4.79 Å². The van der Waals surface area contributed by atoms with E-state index in [0.29, 0.717) is 17.7 Å². The molecule has 2 N–H and O–H groups in total. The van der Waals surface area contributed by atoms with Crippen molar-refractivity contribution in [2.24, 2.45) is 0 Å². The second-order valence-electron chi connectivity index (χ2n) is 5.47. The maximum absolute atomic E-state index is 12.9. The van der Waals surface area contributed by atoms with E-state index in [0.717, 1.165) is 4.90 Å². The van der Waals surface area contributed by atoms with Crippen LogP contribution in [0.3, 0.4) is 0 Å². The number of amides is 1. The van der Waals surface area contributed by atoms with Crippen LogP contribution in [-0.2, 0) is 10.4 Å². The fourth-order valence-electron chi connectivity index (χ4n) is 2.05. The first kappa shape index (κ1) is 17.5. The zero-order chi connectivity index (χ0) is 16.7. The monoisotopic (exact) mass is 333 g/mol. The molecule has 0 aromatic heterocycles. The van der Waals surface area contributed by atoms with Crippen molar-refractivity contribution < 1.29 is 14.3 Å². The molecule has 0 spiro atoms. The standard InChI is InChI=1S/C18H20FNO2S/c1-18(22,14-7-9-15(19)10-8-14)13-20-17(21)11-12-23-16-5-3-2-4-6-16/h2-10,22H,11-13H2,1H3,(H,20,21). The third-order valence-electron chi connectivity index (χ3n) is 3.44. The molecule has 0 aliphatic rings. The van der Waals surface area contributed by atoms with E-state index in [1.54, 1.807) is 18.7 Å². The minimum Gasteiger partial charge on any atom is -0.384 e. The first-order valence-corrected chi connectivity index (χ1v) is 8.39. The number of hydrogen-bond donors (Lipinski definition) is 2. The molecule has 0 fully saturated rings. The number of rotatable bonds is 7. The Morgan fingerprint density at radius 1 is 1.17 bits per heavy atom. The molecule has 5 heteroatoms. The zero-order valence-corrected chi connectivity index (χ0v) is 13.8. The molecule has 1 amide bonds. The molecule has 23 heavy (non-hydrogen) atoms. The van der Waals surface area contributed by atoms with E-state index in [-0.39, 0.29) is 18.3 Å². The van der Waals surface area contributed by atoms with Crippen LogP contribution >= 0.6 is 11.8 Å². The van der Waals surface area contributed by atoms with Gasteiger partial charge in [0.2, 0.25) is 5.91 Å². The average molecular weight is 333 g/mol. The Hall–Kier alpha value is -1.85. The van der Waals surface area contributed by atoms with Crippen molar-refractivity contribution in [1.82, 2.24) is 5.32 Å². The summed E-state index contributed by atoms with van der Waals surface area (Å²) in [7, 11) is 0. The number of aliphatic hydroxyl groups is 1. The normalized spacial score (nSPS) is 13.3. The molecular weight excluding hydrogens is 313 g/mol. The van der Waals surface area contributed by atoms with Crippen molar-refractivity contribution in [3.05, 3.63) is 66.0 Å². The van der Waals surface area contributed by atoms with E-state index in [9.17, 15) is 14.3 Å². The first-order valence-electron chi connectivity index (χ1n) is 7.40. The molecule has 122 valence electrons. The van der Waals surface area contributed by atoms with Crippen molar-refractivity contribution in [3.8, 4) is 0 Å². The molecule has 2 rings (SSSR count). The average Bonchev–Trinajstić information content (AvgIpc) is 2.54. The van der Waals surface area contributed by atoms with Gasteiger partial charge in [0.05, 0.1) is 6.54 Å². The van der Waals surface area contributed by atoms with Gasteiger partial charge in [-0.25, -0.2) is 4.39 Å². The fraction of sp³-hybridized carbons (Fsp3) is 0.278. The summed E-state index contributed by atoms with van der Waals surface area (Å²) in [5.41, 5.74) is -0.659. The molecule has 2 aromatic carbocycles. The summed E-state index contributed by atoms with van der Waals surface area (Å²) in [5.74, 6) is 0.205. The second-order valence-corrected chi connectivity index (χ2v) is 6.64. The maximum Gasteiger partial charge on any atom is 0.220 e. The van der Waals surface area contributed by atoms with E-state index in [2.05, 4.69) is 5.32 Å². The van der Waals surface area contributed by atoms with E-state index in [1.807, 2.05) is 30.3 Å². The van der Waals surface area contributed by atoms with E-state index >= 15 is 0 Å². The number of thioether (sulfide) groups is 1. The van der Waals surface area contributed by atoms with Gasteiger partial charge in [-0.1, -0.05) is 30.3 Å². The summed E-state index contributed by atoms with van der Waals surface area (Å²) < 4.78 is 12.9. The smallest absolute Gasteiger partial charge is 0.220 e. The highest BCUT2D eigenvalue weighted by molar-refractivity contribution is 7.99. The van der Waals surface area contributed by atoms with E-state index < -0.39 is 5.60 Å². The molecule has 2 aromatic rings. The fourth-order valence-corrected chi connectivity index (χ4v) is 2.92. The number of nitrogens with one attached hydrogen (secondary N) is 1. The highest BCUT2D eigenvalue weighted by Gasteiger charge is 2.23. The minimum absolute atomic E-state index is 0.0907. The van der Waals surface area contributed by atoms with Gasteiger partial charge in [0, 0.05) is 17.1 Å². The van der Waals surface area contributed by atoms with Gasteiger partial charge < -0.3 is 10.4 Å². The van der Waals surface area contributed by atoms with Crippen LogP contribution in [0.4, 0.5) is 4.39 Å². The van der Waals surface area contributed by atoms with Crippen LogP contribution in [-0.4, -0.2) is 23.3 Å². The quantitative estimate of drug-likeness (QED) is 0.764. The van der Waals surface area contributed by atoms with Gasteiger partial charge in [-0.15, -0.1) is 11.8 Å². The molecule has 1 unspecified atom stereocenters. The number of carbonyl (C=O) groups is 1.